The maximum absolute atomic E-state index is 4.74. The Morgan fingerprint density at radius 2 is 1.92 bits per heavy atom. The van der Waals surface area contributed by atoms with Gasteiger partial charge in [0, 0.05) is 23.8 Å². The Labute approximate surface area is 144 Å². The largest absolute Gasteiger partial charge is 0.345 e. The fourth-order valence-electron chi connectivity index (χ4n) is 4.53. The Bertz CT molecular complexity index is 767. The van der Waals surface area contributed by atoms with Gasteiger partial charge >= 0.3 is 0 Å². The van der Waals surface area contributed by atoms with Crippen molar-refractivity contribution in [3.05, 3.63) is 60.8 Å². The molecule has 1 aromatic carbocycles. The zero-order valence-corrected chi connectivity index (χ0v) is 14.7. The van der Waals surface area contributed by atoms with Crippen LogP contribution < -0.4 is 9.80 Å². The van der Waals surface area contributed by atoms with Gasteiger partial charge in [0.1, 0.15) is 6.17 Å². The summed E-state index contributed by atoms with van der Waals surface area (Å²) in [5.41, 5.74) is 3.97. The number of fused-ring (bicyclic) bond motifs is 5. The topological polar surface area (TPSA) is 19.4 Å². The van der Waals surface area contributed by atoms with E-state index in [4.69, 9.17) is 4.98 Å². The molecule has 124 valence electrons. The summed E-state index contributed by atoms with van der Waals surface area (Å²) in [5, 5.41) is 0. The van der Waals surface area contributed by atoms with Crippen molar-refractivity contribution in [3.63, 3.8) is 0 Å². The van der Waals surface area contributed by atoms with Crippen molar-refractivity contribution in [1.82, 2.24) is 4.98 Å². The van der Waals surface area contributed by atoms with Crippen molar-refractivity contribution in [1.29, 1.82) is 0 Å². The molecule has 2 aromatic rings. The minimum atomic E-state index is 0.315. The molecule has 2 aliphatic rings. The van der Waals surface area contributed by atoms with Gasteiger partial charge < -0.3 is 9.80 Å². The second kappa shape index (κ2) is 5.66. The Morgan fingerprint density at radius 3 is 2.67 bits per heavy atom. The molecule has 1 aromatic heterocycles. The third-order valence-corrected chi connectivity index (χ3v) is 5.50. The molecule has 0 radical (unpaired) electrons. The van der Waals surface area contributed by atoms with Gasteiger partial charge in [0.15, 0.2) is 5.82 Å². The number of anilines is 3. The summed E-state index contributed by atoms with van der Waals surface area (Å²) in [7, 11) is 0. The van der Waals surface area contributed by atoms with Crippen molar-refractivity contribution in [2.24, 2.45) is 5.92 Å². The summed E-state index contributed by atoms with van der Waals surface area (Å²) >= 11 is 0. The number of hydrogen-bond donors (Lipinski definition) is 0. The van der Waals surface area contributed by atoms with Gasteiger partial charge in [0.05, 0.1) is 5.69 Å². The maximum atomic E-state index is 4.74. The average molecular weight is 319 g/mol. The Balaban J connectivity index is 1.95. The van der Waals surface area contributed by atoms with Crippen LogP contribution in [0.2, 0.25) is 0 Å². The quantitative estimate of drug-likeness (QED) is 0.735. The highest BCUT2D eigenvalue weighted by atomic mass is 15.5. The fourth-order valence-corrected chi connectivity index (χ4v) is 4.53. The standard InChI is InChI=1S/C21H25N3/c1-5-9-16-15(4)21-23(14(2)3)19-12-8-13-22-20(19)24(21)18-11-7-6-10-17(16)18/h5-8,10-16,21H,1,9H2,2-4H3. The van der Waals surface area contributed by atoms with E-state index < -0.39 is 0 Å². The van der Waals surface area contributed by atoms with Gasteiger partial charge in [-0.25, -0.2) is 4.98 Å². The number of aromatic nitrogens is 1. The van der Waals surface area contributed by atoms with Crippen LogP contribution in [0.15, 0.2) is 55.3 Å². The second-order valence-corrected chi connectivity index (χ2v) is 7.18. The minimum Gasteiger partial charge on any atom is -0.345 e. The summed E-state index contributed by atoms with van der Waals surface area (Å²) in [6.45, 7) is 10.9. The number of para-hydroxylation sites is 1. The maximum Gasteiger partial charge on any atom is 0.158 e. The van der Waals surface area contributed by atoms with Gasteiger partial charge in [0.2, 0.25) is 0 Å². The zero-order chi connectivity index (χ0) is 16.8. The summed E-state index contributed by atoms with van der Waals surface area (Å²) in [6, 6.07) is 13.5. The molecule has 24 heavy (non-hydrogen) atoms. The predicted molar refractivity (Wildman–Crippen MR) is 101 cm³/mol. The number of benzene rings is 1. The first-order valence-electron chi connectivity index (χ1n) is 8.87. The number of allylic oxidation sites excluding steroid dienone is 1. The molecule has 0 bridgehead atoms. The number of hydrogen-bond acceptors (Lipinski definition) is 3. The van der Waals surface area contributed by atoms with Gasteiger partial charge in [-0.05, 0) is 49.9 Å². The molecule has 3 heteroatoms. The molecule has 3 heterocycles. The smallest absolute Gasteiger partial charge is 0.158 e. The molecule has 3 nitrogen and oxygen atoms in total. The van der Waals surface area contributed by atoms with E-state index in [2.05, 4.69) is 73.6 Å². The van der Waals surface area contributed by atoms with Gasteiger partial charge in [-0.1, -0.05) is 31.2 Å². The Hall–Kier alpha value is -2.29. The van der Waals surface area contributed by atoms with Crippen LogP contribution in [0.3, 0.4) is 0 Å². The molecule has 2 aliphatic heterocycles. The summed E-state index contributed by atoms with van der Waals surface area (Å²) in [6.07, 6.45) is 5.30. The molecule has 0 spiro atoms. The Kier molecular flexibility index (Phi) is 3.60. The van der Waals surface area contributed by atoms with E-state index in [0.29, 0.717) is 24.0 Å². The van der Waals surface area contributed by atoms with E-state index in [1.54, 1.807) is 0 Å². The molecule has 3 unspecified atom stereocenters. The van der Waals surface area contributed by atoms with Gasteiger partial charge in [-0.2, -0.15) is 0 Å². The molecular formula is C21H25N3. The number of rotatable bonds is 3. The third kappa shape index (κ3) is 2.00. The molecule has 0 amide bonds. The lowest BCUT2D eigenvalue weighted by Crippen LogP contribution is -2.52. The van der Waals surface area contributed by atoms with E-state index in [-0.39, 0.29) is 0 Å². The zero-order valence-electron chi connectivity index (χ0n) is 14.7. The highest BCUT2D eigenvalue weighted by Gasteiger charge is 2.48. The molecule has 4 rings (SSSR count). The van der Waals surface area contributed by atoms with Crippen LogP contribution in [0.5, 0.6) is 0 Å². The van der Waals surface area contributed by atoms with Crippen LogP contribution in [-0.4, -0.2) is 17.2 Å². The van der Waals surface area contributed by atoms with Gasteiger partial charge in [0.25, 0.3) is 0 Å². The van der Waals surface area contributed by atoms with Crippen LogP contribution in [0, 0.1) is 5.92 Å². The van der Waals surface area contributed by atoms with Crippen LogP contribution in [0.25, 0.3) is 0 Å². The number of pyridine rings is 1. The van der Waals surface area contributed by atoms with Crippen molar-refractivity contribution >= 4 is 17.2 Å². The lowest BCUT2D eigenvalue weighted by molar-refractivity contribution is 0.344. The normalized spacial score (nSPS) is 24.6. The first-order chi connectivity index (χ1) is 11.6. The van der Waals surface area contributed by atoms with Crippen molar-refractivity contribution in [3.8, 4) is 0 Å². The van der Waals surface area contributed by atoms with Crippen molar-refractivity contribution in [2.75, 3.05) is 9.80 Å². The lowest BCUT2D eigenvalue weighted by Gasteiger charge is -2.46. The monoisotopic (exact) mass is 319 g/mol. The summed E-state index contributed by atoms with van der Waals surface area (Å²) in [5.74, 6) is 2.08. The summed E-state index contributed by atoms with van der Waals surface area (Å²) in [4.78, 5) is 9.74. The van der Waals surface area contributed by atoms with E-state index >= 15 is 0 Å². The highest BCUT2D eigenvalue weighted by Crippen LogP contribution is 2.54. The Morgan fingerprint density at radius 1 is 1.17 bits per heavy atom. The number of nitrogens with zero attached hydrogens (tertiary/aromatic N) is 3. The van der Waals surface area contributed by atoms with E-state index in [0.717, 1.165) is 12.2 Å². The van der Waals surface area contributed by atoms with Gasteiger partial charge in [-0.3, -0.25) is 0 Å². The van der Waals surface area contributed by atoms with Crippen molar-refractivity contribution < 1.29 is 0 Å². The van der Waals surface area contributed by atoms with Crippen LogP contribution in [0.4, 0.5) is 17.2 Å². The van der Waals surface area contributed by atoms with E-state index in [9.17, 15) is 0 Å². The molecule has 0 aliphatic carbocycles. The molecular weight excluding hydrogens is 294 g/mol. The van der Waals surface area contributed by atoms with E-state index in [1.807, 2.05) is 12.3 Å². The molecule has 3 atom stereocenters. The first-order valence-corrected chi connectivity index (χ1v) is 8.87. The SMILES string of the molecule is C=CCC1c2ccccc2N2c3ncccc3N(C(C)C)C2C1C. The lowest BCUT2D eigenvalue weighted by atomic mass is 9.78. The fraction of sp³-hybridized carbons (Fsp3) is 0.381. The summed E-state index contributed by atoms with van der Waals surface area (Å²) < 4.78 is 0. The van der Waals surface area contributed by atoms with Crippen LogP contribution in [0.1, 0.15) is 38.7 Å². The molecule has 0 N–H and O–H groups in total. The van der Waals surface area contributed by atoms with Crippen LogP contribution >= 0.6 is 0 Å². The highest BCUT2D eigenvalue weighted by molar-refractivity contribution is 5.83. The molecule has 0 saturated carbocycles. The third-order valence-electron chi connectivity index (χ3n) is 5.50. The minimum absolute atomic E-state index is 0.315. The second-order valence-electron chi connectivity index (χ2n) is 7.18. The van der Waals surface area contributed by atoms with Crippen molar-refractivity contribution in [2.45, 2.75) is 45.3 Å². The molecule has 0 saturated heterocycles. The predicted octanol–water partition coefficient (Wildman–Crippen LogP) is 5.08. The van der Waals surface area contributed by atoms with Crippen LogP contribution in [-0.2, 0) is 0 Å². The first kappa shape index (κ1) is 15.3. The average Bonchev–Trinajstić information content (AvgIpc) is 2.94. The van der Waals surface area contributed by atoms with E-state index in [1.165, 1.54) is 16.9 Å². The molecule has 0 fully saturated rings. The van der Waals surface area contributed by atoms with Gasteiger partial charge in [-0.15, -0.1) is 6.58 Å².